The Balaban J connectivity index is 2.59. The molecule has 1 aromatic carbocycles. The number of unbranched alkanes of at least 4 members (excludes halogenated alkanes) is 3. The molecular formula is C22H32Br2O2. The van der Waals surface area contributed by atoms with E-state index in [1.54, 1.807) is 0 Å². The Morgan fingerprint density at radius 2 is 1.81 bits per heavy atom. The molecule has 0 fully saturated rings. The highest BCUT2D eigenvalue weighted by Gasteiger charge is 2.21. The van der Waals surface area contributed by atoms with E-state index < -0.39 is 0 Å². The topological polar surface area (TPSA) is 26.3 Å². The molecule has 0 heterocycles. The molecule has 0 aliphatic carbocycles. The first kappa shape index (κ1) is 23.4. The molecule has 0 saturated carbocycles. The van der Waals surface area contributed by atoms with Crippen molar-refractivity contribution < 1.29 is 9.53 Å². The highest BCUT2D eigenvalue weighted by Crippen LogP contribution is 2.23. The molecule has 0 radical (unpaired) electrons. The summed E-state index contributed by atoms with van der Waals surface area (Å²) in [6.07, 6.45) is 9.65. The minimum Gasteiger partial charge on any atom is -0.459 e. The predicted octanol–water partition coefficient (Wildman–Crippen LogP) is 7.30. The van der Waals surface area contributed by atoms with Crippen LogP contribution in [0, 0.1) is 0 Å². The Morgan fingerprint density at radius 1 is 1.12 bits per heavy atom. The smallest absolute Gasteiger partial charge is 0.334 e. The van der Waals surface area contributed by atoms with E-state index in [1.807, 2.05) is 43.3 Å². The number of esters is 1. The van der Waals surface area contributed by atoms with Crippen LogP contribution in [0.25, 0.3) is 6.08 Å². The minimum absolute atomic E-state index is 0.0773. The fourth-order valence-electron chi connectivity index (χ4n) is 2.85. The van der Waals surface area contributed by atoms with Crippen molar-refractivity contribution in [1.82, 2.24) is 0 Å². The molecule has 0 amide bonds. The Bertz CT molecular complexity index is 540. The average Bonchev–Trinajstić information content (AvgIpc) is 2.59. The van der Waals surface area contributed by atoms with Gasteiger partial charge in [0.15, 0.2) is 0 Å². The zero-order valence-electron chi connectivity index (χ0n) is 16.2. The Morgan fingerprint density at radius 3 is 2.42 bits per heavy atom. The van der Waals surface area contributed by atoms with Gasteiger partial charge in [-0.1, -0.05) is 102 Å². The van der Waals surface area contributed by atoms with Crippen LogP contribution in [0.1, 0.15) is 71.3 Å². The number of rotatable bonds is 12. The van der Waals surface area contributed by atoms with Gasteiger partial charge in [-0.2, -0.15) is 0 Å². The molecule has 1 aromatic rings. The number of halogens is 2. The number of ether oxygens (including phenoxy) is 1. The quantitative estimate of drug-likeness (QED) is 0.134. The predicted molar refractivity (Wildman–Crippen MR) is 119 cm³/mol. The maximum Gasteiger partial charge on any atom is 0.334 e. The second-order valence-electron chi connectivity index (χ2n) is 6.96. The van der Waals surface area contributed by atoms with E-state index in [-0.39, 0.29) is 12.1 Å². The third kappa shape index (κ3) is 10.5. The van der Waals surface area contributed by atoms with E-state index in [2.05, 4.69) is 45.7 Å². The van der Waals surface area contributed by atoms with Crippen LogP contribution in [0.3, 0.4) is 0 Å². The lowest BCUT2D eigenvalue weighted by Crippen LogP contribution is -2.24. The molecule has 0 aromatic heterocycles. The van der Waals surface area contributed by atoms with Crippen molar-refractivity contribution in [2.24, 2.45) is 0 Å². The second-order valence-corrected chi connectivity index (χ2v) is 9.82. The van der Waals surface area contributed by atoms with Crippen LogP contribution in [0.4, 0.5) is 0 Å². The second kappa shape index (κ2) is 13.5. The van der Waals surface area contributed by atoms with Gasteiger partial charge in [-0.3, -0.25) is 0 Å². The van der Waals surface area contributed by atoms with Crippen molar-refractivity contribution in [3.63, 3.8) is 0 Å². The van der Waals surface area contributed by atoms with E-state index in [1.165, 1.54) is 25.7 Å². The maximum atomic E-state index is 12.5. The van der Waals surface area contributed by atoms with Crippen LogP contribution >= 0.6 is 31.9 Å². The lowest BCUT2D eigenvalue weighted by Gasteiger charge is -2.22. The van der Waals surface area contributed by atoms with Crippen LogP contribution in [-0.2, 0) is 9.53 Å². The first-order valence-corrected chi connectivity index (χ1v) is 11.5. The molecule has 0 spiro atoms. The summed E-state index contributed by atoms with van der Waals surface area (Å²) in [7, 11) is 0. The number of carbonyl (C=O) groups is 1. The Hall–Kier alpha value is -0.610. The summed E-state index contributed by atoms with van der Waals surface area (Å²) in [4.78, 5) is 13.2. The zero-order chi connectivity index (χ0) is 19.4. The van der Waals surface area contributed by atoms with Gasteiger partial charge in [0.25, 0.3) is 0 Å². The summed E-state index contributed by atoms with van der Waals surface area (Å²) in [5.41, 5.74) is 1.65. The number of carbonyl (C=O) groups excluding carboxylic acids is 1. The molecule has 3 unspecified atom stereocenters. The normalized spacial score (nSPS) is 15.3. The first-order valence-electron chi connectivity index (χ1n) is 9.64. The molecule has 0 bridgehead atoms. The van der Waals surface area contributed by atoms with Gasteiger partial charge < -0.3 is 4.74 Å². The summed E-state index contributed by atoms with van der Waals surface area (Å²) in [6, 6.07) is 9.87. The zero-order valence-corrected chi connectivity index (χ0v) is 19.4. The van der Waals surface area contributed by atoms with Crippen LogP contribution in [0.5, 0.6) is 0 Å². The van der Waals surface area contributed by atoms with Gasteiger partial charge in [0.1, 0.15) is 6.10 Å². The summed E-state index contributed by atoms with van der Waals surface area (Å²) in [5.74, 6) is -0.224. The fraction of sp³-hybridized carbons (Fsp3) is 0.591. The first-order chi connectivity index (χ1) is 12.4. The van der Waals surface area contributed by atoms with Crippen molar-refractivity contribution in [2.45, 2.75) is 81.5 Å². The Kier molecular flexibility index (Phi) is 12.2. The lowest BCUT2D eigenvalue weighted by molar-refractivity contribution is -0.144. The van der Waals surface area contributed by atoms with E-state index >= 15 is 0 Å². The van der Waals surface area contributed by atoms with E-state index in [0.717, 1.165) is 24.8 Å². The maximum absolute atomic E-state index is 12.5. The molecule has 4 heteroatoms. The van der Waals surface area contributed by atoms with Crippen molar-refractivity contribution in [3.8, 4) is 0 Å². The summed E-state index contributed by atoms with van der Waals surface area (Å²) < 4.78 is 5.83. The van der Waals surface area contributed by atoms with Crippen LogP contribution in [0.2, 0.25) is 0 Å². The van der Waals surface area contributed by atoms with Gasteiger partial charge in [0.2, 0.25) is 0 Å². The Labute approximate surface area is 176 Å². The molecule has 146 valence electrons. The largest absolute Gasteiger partial charge is 0.459 e. The molecule has 0 aliphatic heterocycles. The van der Waals surface area contributed by atoms with Crippen LogP contribution in [-0.4, -0.2) is 21.7 Å². The molecule has 1 rings (SSSR count). The van der Waals surface area contributed by atoms with E-state index in [0.29, 0.717) is 15.2 Å². The molecule has 2 nitrogen and oxygen atoms in total. The molecule has 0 aliphatic rings. The molecule has 26 heavy (non-hydrogen) atoms. The lowest BCUT2D eigenvalue weighted by atomic mass is 10.0. The van der Waals surface area contributed by atoms with E-state index in [4.69, 9.17) is 4.74 Å². The van der Waals surface area contributed by atoms with Crippen molar-refractivity contribution >= 4 is 43.9 Å². The molecule has 0 N–H and O–H groups in total. The monoisotopic (exact) mass is 486 g/mol. The van der Waals surface area contributed by atoms with Crippen LogP contribution < -0.4 is 0 Å². The van der Waals surface area contributed by atoms with Crippen molar-refractivity contribution in [2.75, 3.05) is 0 Å². The van der Waals surface area contributed by atoms with Crippen molar-refractivity contribution in [3.05, 3.63) is 41.5 Å². The number of alkyl halides is 2. The number of hydrogen-bond donors (Lipinski definition) is 0. The third-order valence-electron chi connectivity index (χ3n) is 4.26. The molecule has 3 atom stereocenters. The van der Waals surface area contributed by atoms with Gasteiger partial charge in [-0.25, -0.2) is 4.79 Å². The highest BCUT2D eigenvalue weighted by molar-refractivity contribution is 9.09. The number of benzene rings is 1. The summed E-state index contributed by atoms with van der Waals surface area (Å²) >= 11 is 7.38. The van der Waals surface area contributed by atoms with E-state index in [9.17, 15) is 4.79 Å². The van der Waals surface area contributed by atoms with Gasteiger partial charge in [-0.05, 0) is 37.8 Å². The summed E-state index contributed by atoms with van der Waals surface area (Å²) in [5, 5.41) is 0. The van der Waals surface area contributed by atoms with Gasteiger partial charge >= 0.3 is 5.97 Å². The molecule has 0 saturated heterocycles. The van der Waals surface area contributed by atoms with Crippen molar-refractivity contribution in [1.29, 1.82) is 0 Å². The highest BCUT2D eigenvalue weighted by atomic mass is 79.9. The summed E-state index contributed by atoms with van der Waals surface area (Å²) in [6.45, 7) is 6.14. The SMILES string of the molecule is CCCCCCC(Br)CC(CC(C)Br)OC(=O)C(C)=Cc1ccccc1. The van der Waals surface area contributed by atoms with Gasteiger partial charge in [0.05, 0.1) is 0 Å². The fourth-order valence-corrected chi connectivity index (χ4v) is 4.01. The molecular weight excluding hydrogens is 456 g/mol. The van der Waals surface area contributed by atoms with Gasteiger partial charge in [-0.15, -0.1) is 0 Å². The van der Waals surface area contributed by atoms with Crippen LogP contribution in [0.15, 0.2) is 35.9 Å². The van der Waals surface area contributed by atoms with Gasteiger partial charge in [0, 0.05) is 15.2 Å². The number of hydrogen-bond acceptors (Lipinski definition) is 2. The third-order valence-corrected chi connectivity index (χ3v) is 5.46. The standard InChI is InChI=1S/C22H32Br2O2/c1-4-5-6-10-13-20(24)16-21(15-18(3)23)26-22(25)17(2)14-19-11-8-7-9-12-19/h7-9,11-12,14,18,20-21H,4-6,10,13,15-16H2,1-3H3. The minimum atomic E-state index is -0.224. The average molecular weight is 488 g/mol.